The van der Waals surface area contributed by atoms with Crippen LogP contribution in [0.5, 0.6) is 11.5 Å². The molecule has 1 atom stereocenters. The summed E-state index contributed by atoms with van der Waals surface area (Å²) < 4.78 is 11.1. The molecule has 0 saturated heterocycles. The van der Waals surface area contributed by atoms with Gasteiger partial charge in [0.15, 0.2) is 11.5 Å². The molecule has 3 heteroatoms. The van der Waals surface area contributed by atoms with E-state index in [2.05, 4.69) is 61.2 Å². The molecule has 0 saturated carbocycles. The molecule has 3 rings (SSSR count). The van der Waals surface area contributed by atoms with Crippen LogP contribution in [0.1, 0.15) is 36.6 Å². The summed E-state index contributed by atoms with van der Waals surface area (Å²) in [6, 6.07) is 15.4. The normalized spacial score (nSPS) is 17.6. The predicted octanol–water partition coefficient (Wildman–Crippen LogP) is 4.31. The van der Waals surface area contributed by atoms with Crippen molar-refractivity contribution in [3.63, 3.8) is 0 Å². The summed E-state index contributed by atoms with van der Waals surface area (Å²) >= 11 is 0. The number of methoxy groups -OCH3 is 2. The maximum Gasteiger partial charge on any atom is 0.161 e. The van der Waals surface area contributed by atoms with Crippen molar-refractivity contribution < 1.29 is 9.47 Å². The van der Waals surface area contributed by atoms with Gasteiger partial charge in [0.25, 0.3) is 0 Å². The van der Waals surface area contributed by atoms with Crippen molar-refractivity contribution in [3.05, 3.63) is 59.2 Å². The number of benzene rings is 2. The molecule has 24 heavy (non-hydrogen) atoms. The average molecular weight is 325 g/mol. The van der Waals surface area contributed by atoms with Crippen molar-refractivity contribution in [2.24, 2.45) is 5.92 Å². The minimum absolute atomic E-state index is 0.275. The maximum atomic E-state index is 5.56. The van der Waals surface area contributed by atoms with Crippen LogP contribution in [0, 0.1) is 5.92 Å². The molecule has 0 aliphatic carbocycles. The van der Waals surface area contributed by atoms with E-state index in [-0.39, 0.29) is 6.04 Å². The monoisotopic (exact) mass is 325 g/mol. The van der Waals surface area contributed by atoms with Crippen molar-refractivity contribution in [1.82, 2.24) is 4.90 Å². The minimum atomic E-state index is 0.275. The van der Waals surface area contributed by atoms with Crippen LogP contribution in [0.2, 0.25) is 0 Å². The van der Waals surface area contributed by atoms with E-state index in [0.29, 0.717) is 5.92 Å². The zero-order chi connectivity index (χ0) is 17.1. The second kappa shape index (κ2) is 7.27. The van der Waals surface area contributed by atoms with Crippen molar-refractivity contribution >= 4 is 0 Å². The molecule has 1 heterocycles. The Balaban J connectivity index is 2.10. The highest BCUT2D eigenvalue weighted by atomic mass is 16.5. The van der Waals surface area contributed by atoms with Gasteiger partial charge in [-0.15, -0.1) is 0 Å². The molecule has 0 amide bonds. The highest BCUT2D eigenvalue weighted by Gasteiger charge is 2.30. The summed E-state index contributed by atoms with van der Waals surface area (Å²) in [7, 11) is 3.41. The molecule has 3 nitrogen and oxygen atoms in total. The standard InChI is InChI=1S/C21H27NO2/c1-15(2)14-22-11-10-17-12-19(23-3)20(24-4)13-18(17)21(22)16-8-6-5-7-9-16/h5-9,12-13,15,21H,10-11,14H2,1-4H3. The highest BCUT2D eigenvalue weighted by Crippen LogP contribution is 2.41. The van der Waals surface area contributed by atoms with Gasteiger partial charge >= 0.3 is 0 Å². The summed E-state index contributed by atoms with van der Waals surface area (Å²) in [5, 5.41) is 0. The van der Waals surface area contributed by atoms with Crippen molar-refractivity contribution in [3.8, 4) is 11.5 Å². The quantitative estimate of drug-likeness (QED) is 0.818. The van der Waals surface area contributed by atoms with Gasteiger partial charge in [-0.1, -0.05) is 44.2 Å². The zero-order valence-electron chi connectivity index (χ0n) is 15.1. The summed E-state index contributed by atoms with van der Waals surface area (Å²) in [6.45, 7) is 6.73. The fourth-order valence-corrected chi connectivity index (χ4v) is 3.69. The molecule has 0 aromatic heterocycles. The van der Waals surface area contributed by atoms with Gasteiger partial charge in [0, 0.05) is 13.1 Å². The van der Waals surface area contributed by atoms with Gasteiger partial charge in [-0.3, -0.25) is 4.90 Å². The predicted molar refractivity (Wildman–Crippen MR) is 97.9 cm³/mol. The van der Waals surface area contributed by atoms with E-state index in [1.165, 1.54) is 16.7 Å². The van der Waals surface area contributed by atoms with Gasteiger partial charge in [0.05, 0.1) is 20.3 Å². The number of hydrogen-bond donors (Lipinski definition) is 0. The molecule has 0 fully saturated rings. The Morgan fingerprint density at radius 3 is 2.33 bits per heavy atom. The van der Waals surface area contributed by atoms with Crippen molar-refractivity contribution in [1.29, 1.82) is 0 Å². The molecule has 1 aliphatic heterocycles. The SMILES string of the molecule is COc1cc2c(cc1OC)C(c1ccccc1)N(CC(C)C)CC2. The summed E-state index contributed by atoms with van der Waals surface area (Å²) in [5.41, 5.74) is 4.04. The van der Waals surface area contributed by atoms with Crippen molar-refractivity contribution in [2.45, 2.75) is 26.3 Å². The Morgan fingerprint density at radius 2 is 1.71 bits per heavy atom. The summed E-state index contributed by atoms with van der Waals surface area (Å²) in [5.74, 6) is 2.27. The Bertz CT molecular complexity index is 682. The van der Waals surface area contributed by atoms with E-state index in [1.807, 2.05) is 0 Å². The summed E-state index contributed by atoms with van der Waals surface area (Å²) in [4.78, 5) is 2.59. The summed E-state index contributed by atoms with van der Waals surface area (Å²) in [6.07, 6.45) is 1.05. The van der Waals surface area contributed by atoms with Gasteiger partial charge in [-0.2, -0.15) is 0 Å². The van der Waals surface area contributed by atoms with E-state index < -0.39 is 0 Å². The van der Waals surface area contributed by atoms with Crippen LogP contribution >= 0.6 is 0 Å². The molecule has 0 spiro atoms. The smallest absolute Gasteiger partial charge is 0.161 e. The Morgan fingerprint density at radius 1 is 1.04 bits per heavy atom. The maximum absolute atomic E-state index is 5.56. The Labute approximate surface area is 145 Å². The van der Waals surface area contributed by atoms with Crippen LogP contribution in [0.25, 0.3) is 0 Å². The first-order valence-electron chi connectivity index (χ1n) is 8.67. The molecule has 1 aliphatic rings. The molecule has 0 radical (unpaired) electrons. The topological polar surface area (TPSA) is 21.7 Å². The lowest BCUT2D eigenvalue weighted by molar-refractivity contribution is 0.189. The molecule has 128 valence electrons. The largest absolute Gasteiger partial charge is 0.493 e. The lowest BCUT2D eigenvalue weighted by atomic mass is 9.87. The van der Waals surface area contributed by atoms with Crippen LogP contribution in [0.3, 0.4) is 0 Å². The van der Waals surface area contributed by atoms with Crippen LogP contribution in [0.4, 0.5) is 0 Å². The number of fused-ring (bicyclic) bond motifs is 1. The first-order valence-corrected chi connectivity index (χ1v) is 8.67. The average Bonchev–Trinajstić information content (AvgIpc) is 2.60. The molecule has 0 N–H and O–H groups in total. The van der Waals surface area contributed by atoms with E-state index in [0.717, 1.165) is 31.0 Å². The van der Waals surface area contributed by atoms with Gasteiger partial charge in [0.2, 0.25) is 0 Å². The van der Waals surface area contributed by atoms with Gasteiger partial charge < -0.3 is 9.47 Å². The third-order valence-electron chi connectivity index (χ3n) is 4.69. The molecule has 2 aromatic rings. The number of nitrogens with zero attached hydrogens (tertiary/aromatic N) is 1. The fraction of sp³-hybridized carbons (Fsp3) is 0.429. The lowest BCUT2D eigenvalue weighted by Crippen LogP contribution is -2.38. The van der Waals surface area contributed by atoms with E-state index in [4.69, 9.17) is 9.47 Å². The fourth-order valence-electron chi connectivity index (χ4n) is 3.69. The number of rotatable bonds is 5. The molecule has 2 aromatic carbocycles. The second-order valence-corrected chi connectivity index (χ2v) is 6.86. The highest BCUT2D eigenvalue weighted by molar-refractivity contribution is 5.51. The van der Waals surface area contributed by atoms with Crippen LogP contribution in [-0.2, 0) is 6.42 Å². The van der Waals surface area contributed by atoms with E-state index >= 15 is 0 Å². The van der Waals surface area contributed by atoms with Gasteiger partial charge in [-0.25, -0.2) is 0 Å². The van der Waals surface area contributed by atoms with Crippen molar-refractivity contribution in [2.75, 3.05) is 27.3 Å². The first kappa shape index (κ1) is 16.8. The number of ether oxygens (including phenoxy) is 2. The molecular weight excluding hydrogens is 298 g/mol. The van der Waals surface area contributed by atoms with Gasteiger partial charge in [0.1, 0.15) is 0 Å². The minimum Gasteiger partial charge on any atom is -0.493 e. The third-order valence-corrected chi connectivity index (χ3v) is 4.69. The zero-order valence-corrected chi connectivity index (χ0v) is 15.1. The second-order valence-electron chi connectivity index (χ2n) is 6.86. The number of hydrogen-bond acceptors (Lipinski definition) is 3. The molecule has 1 unspecified atom stereocenters. The Kier molecular flexibility index (Phi) is 5.10. The Hall–Kier alpha value is -2.00. The molecular formula is C21H27NO2. The first-order chi connectivity index (χ1) is 11.6. The van der Waals surface area contributed by atoms with Crippen LogP contribution < -0.4 is 9.47 Å². The van der Waals surface area contributed by atoms with E-state index in [9.17, 15) is 0 Å². The van der Waals surface area contributed by atoms with Crippen LogP contribution in [-0.4, -0.2) is 32.2 Å². The molecule has 0 bridgehead atoms. The van der Waals surface area contributed by atoms with Gasteiger partial charge in [-0.05, 0) is 41.2 Å². The lowest BCUT2D eigenvalue weighted by Gasteiger charge is -2.39. The van der Waals surface area contributed by atoms with E-state index in [1.54, 1.807) is 14.2 Å². The van der Waals surface area contributed by atoms with Crippen LogP contribution in [0.15, 0.2) is 42.5 Å². The third kappa shape index (κ3) is 3.27.